The molecule has 0 spiro atoms. The Morgan fingerprint density at radius 3 is 2.00 bits per heavy atom. The second-order valence-electron chi connectivity index (χ2n) is 5.16. The van der Waals surface area contributed by atoms with Crippen LogP contribution < -0.4 is 0 Å². The zero-order valence-electron chi connectivity index (χ0n) is 9.43. The molecular formula is C11H23NO. The molecule has 1 aliphatic heterocycles. The maximum atomic E-state index is 9.63. The summed E-state index contributed by atoms with van der Waals surface area (Å²) in [5.41, 5.74) is 0.0267. The smallest absolute Gasteiger partial charge is 0.0718 e. The van der Waals surface area contributed by atoms with Crippen LogP contribution in [0.3, 0.4) is 0 Å². The predicted octanol–water partition coefficient (Wildman–Crippen LogP) is 1.88. The van der Waals surface area contributed by atoms with Gasteiger partial charge in [-0.2, -0.15) is 0 Å². The fourth-order valence-corrected chi connectivity index (χ4v) is 2.26. The lowest BCUT2D eigenvalue weighted by Crippen LogP contribution is -2.58. The van der Waals surface area contributed by atoms with Crippen molar-refractivity contribution in [2.75, 3.05) is 19.6 Å². The minimum absolute atomic E-state index is 0.534. The maximum absolute atomic E-state index is 9.63. The van der Waals surface area contributed by atoms with E-state index in [9.17, 15) is 5.11 Å². The van der Waals surface area contributed by atoms with Gasteiger partial charge in [0, 0.05) is 19.6 Å². The van der Waals surface area contributed by atoms with Gasteiger partial charge in [0.2, 0.25) is 0 Å². The summed E-state index contributed by atoms with van der Waals surface area (Å²) >= 11 is 0. The Hall–Kier alpha value is -0.0800. The number of hydrogen-bond acceptors (Lipinski definition) is 2. The summed E-state index contributed by atoms with van der Waals surface area (Å²) in [5, 5.41) is 9.63. The van der Waals surface area contributed by atoms with Crippen LogP contribution in [0.25, 0.3) is 0 Å². The van der Waals surface area contributed by atoms with Gasteiger partial charge in [0.15, 0.2) is 0 Å². The molecule has 0 aromatic carbocycles. The van der Waals surface area contributed by atoms with Crippen LogP contribution in [0.15, 0.2) is 0 Å². The van der Waals surface area contributed by atoms with E-state index in [1.165, 1.54) is 25.9 Å². The summed E-state index contributed by atoms with van der Waals surface area (Å²) < 4.78 is 0. The molecule has 1 rings (SSSR count). The fourth-order valence-electron chi connectivity index (χ4n) is 2.26. The third kappa shape index (κ3) is 2.68. The van der Waals surface area contributed by atoms with E-state index in [1.54, 1.807) is 0 Å². The summed E-state index contributed by atoms with van der Waals surface area (Å²) in [6.07, 6.45) is 2.54. The molecule has 13 heavy (non-hydrogen) atoms. The van der Waals surface area contributed by atoms with Gasteiger partial charge in [-0.25, -0.2) is 0 Å². The zero-order chi connectivity index (χ0) is 10.1. The summed E-state index contributed by atoms with van der Waals surface area (Å²) in [6.45, 7) is 11.5. The van der Waals surface area contributed by atoms with E-state index >= 15 is 0 Å². The predicted molar refractivity (Wildman–Crippen MR) is 55.8 cm³/mol. The third-order valence-corrected chi connectivity index (χ3v) is 3.23. The Kier molecular flexibility index (Phi) is 3.03. The van der Waals surface area contributed by atoms with Gasteiger partial charge >= 0.3 is 0 Å². The molecule has 0 aromatic heterocycles. The minimum Gasteiger partial charge on any atom is -0.389 e. The Bertz CT molecular complexity index is 159. The molecule has 78 valence electrons. The lowest BCUT2D eigenvalue weighted by Gasteiger charge is -2.51. The van der Waals surface area contributed by atoms with Crippen LogP contribution in [0.1, 0.15) is 40.5 Å². The highest BCUT2D eigenvalue weighted by Gasteiger charge is 2.40. The molecule has 1 aliphatic rings. The third-order valence-electron chi connectivity index (χ3n) is 3.23. The molecule has 1 fully saturated rings. The van der Waals surface area contributed by atoms with E-state index in [2.05, 4.69) is 18.7 Å². The minimum atomic E-state index is -0.534. The molecule has 0 aliphatic carbocycles. The van der Waals surface area contributed by atoms with Crippen LogP contribution in [0, 0.1) is 5.41 Å². The lowest BCUT2D eigenvalue weighted by atomic mass is 9.75. The maximum Gasteiger partial charge on any atom is 0.0718 e. The van der Waals surface area contributed by atoms with Gasteiger partial charge < -0.3 is 5.11 Å². The summed E-state index contributed by atoms with van der Waals surface area (Å²) in [5.74, 6) is 0. The van der Waals surface area contributed by atoms with Gasteiger partial charge in [0.1, 0.15) is 0 Å². The Morgan fingerprint density at radius 1 is 1.23 bits per heavy atom. The Morgan fingerprint density at radius 2 is 1.69 bits per heavy atom. The van der Waals surface area contributed by atoms with E-state index in [0.717, 1.165) is 6.54 Å². The number of rotatable bonds is 4. The first kappa shape index (κ1) is 11.0. The molecule has 1 saturated heterocycles. The first-order chi connectivity index (χ1) is 5.91. The van der Waals surface area contributed by atoms with Crippen molar-refractivity contribution in [2.24, 2.45) is 5.41 Å². The average molecular weight is 185 g/mol. The van der Waals surface area contributed by atoms with Crippen molar-refractivity contribution in [1.82, 2.24) is 4.90 Å². The van der Waals surface area contributed by atoms with E-state index in [1.807, 2.05) is 13.8 Å². The van der Waals surface area contributed by atoms with Gasteiger partial charge in [0.05, 0.1) is 5.60 Å². The average Bonchev–Trinajstić information content (AvgIpc) is 1.94. The van der Waals surface area contributed by atoms with E-state index in [-0.39, 0.29) is 0 Å². The Labute approximate surface area is 81.9 Å². The fraction of sp³-hybridized carbons (Fsp3) is 1.00. The molecule has 0 atom stereocenters. The molecule has 1 N–H and O–H groups in total. The first-order valence-electron chi connectivity index (χ1n) is 5.35. The second-order valence-corrected chi connectivity index (χ2v) is 5.16. The second kappa shape index (κ2) is 3.58. The molecule has 0 aromatic rings. The summed E-state index contributed by atoms with van der Waals surface area (Å²) in [4.78, 5) is 2.35. The number of β-amino-alcohol motifs (C(OH)–C–C–N with tert-alkyl or cyclic N) is 1. The van der Waals surface area contributed by atoms with Crippen molar-refractivity contribution in [3.63, 3.8) is 0 Å². The van der Waals surface area contributed by atoms with Gasteiger partial charge in [-0.15, -0.1) is 0 Å². The molecule has 1 heterocycles. The largest absolute Gasteiger partial charge is 0.389 e. The van der Waals surface area contributed by atoms with E-state index < -0.39 is 5.60 Å². The summed E-state index contributed by atoms with van der Waals surface area (Å²) in [7, 11) is 0. The van der Waals surface area contributed by atoms with Crippen molar-refractivity contribution >= 4 is 0 Å². The molecular weight excluding hydrogens is 162 g/mol. The molecule has 0 unspecified atom stereocenters. The van der Waals surface area contributed by atoms with Crippen molar-refractivity contribution in [3.8, 4) is 0 Å². The first-order valence-corrected chi connectivity index (χ1v) is 5.35. The molecule has 0 radical (unpaired) electrons. The van der Waals surface area contributed by atoms with Crippen LogP contribution in [0.2, 0.25) is 0 Å². The normalized spacial score (nSPS) is 22.8. The van der Waals surface area contributed by atoms with Crippen LogP contribution in [0.5, 0.6) is 0 Å². The molecule has 0 bridgehead atoms. The molecule has 0 saturated carbocycles. The topological polar surface area (TPSA) is 23.5 Å². The van der Waals surface area contributed by atoms with Crippen molar-refractivity contribution in [1.29, 1.82) is 0 Å². The summed E-state index contributed by atoms with van der Waals surface area (Å²) in [6, 6.07) is 0. The molecule has 2 heteroatoms. The molecule has 0 amide bonds. The monoisotopic (exact) mass is 185 g/mol. The van der Waals surface area contributed by atoms with E-state index in [0.29, 0.717) is 5.41 Å². The van der Waals surface area contributed by atoms with Crippen molar-refractivity contribution in [2.45, 2.75) is 46.1 Å². The number of hydrogen-bond donors (Lipinski definition) is 1. The lowest BCUT2D eigenvalue weighted by molar-refractivity contribution is -0.0574. The molecule has 2 nitrogen and oxygen atoms in total. The SMILES string of the molecule is CCC1(CC)CN(CC(C)(C)O)C1. The van der Waals surface area contributed by atoms with Crippen molar-refractivity contribution in [3.05, 3.63) is 0 Å². The van der Waals surface area contributed by atoms with Gasteiger partial charge in [-0.3, -0.25) is 4.90 Å². The zero-order valence-corrected chi connectivity index (χ0v) is 9.43. The van der Waals surface area contributed by atoms with Gasteiger partial charge in [-0.1, -0.05) is 13.8 Å². The highest BCUT2D eigenvalue weighted by atomic mass is 16.3. The van der Waals surface area contributed by atoms with E-state index in [4.69, 9.17) is 0 Å². The van der Waals surface area contributed by atoms with Crippen LogP contribution >= 0.6 is 0 Å². The number of aliphatic hydroxyl groups is 1. The highest BCUT2D eigenvalue weighted by molar-refractivity contribution is 4.94. The highest BCUT2D eigenvalue weighted by Crippen LogP contribution is 2.37. The Balaban J connectivity index is 2.32. The number of likely N-dealkylation sites (tertiary alicyclic amines) is 1. The van der Waals surface area contributed by atoms with Crippen LogP contribution in [0.4, 0.5) is 0 Å². The van der Waals surface area contributed by atoms with Crippen molar-refractivity contribution < 1.29 is 5.11 Å². The van der Waals surface area contributed by atoms with Crippen LogP contribution in [-0.2, 0) is 0 Å². The van der Waals surface area contributed by atoms with Gasteiger partial charge in [-0.05, 0) is 32.1 Å². The quantitative estimate of drug-likeness (QED) is 0.723. The van der Waals surface area contributed by atoms with Gasteiger partial charge in [0.25, 0.3) is 0 Å². The van der Waals surface area contributed by atoms with Crippen LogP contribution in [-0.4, -0.2) is 35.2 Å². The standard InChI is InChI=1S/C11H23NO/c1-5-11(6-2)8-12(9-11)7-10(3,4)13/h13H,5-9H2,1-4H3. The number of nitrogens with zero attached hydrogens (tertiary/aromatic N) is 1.